The molecule has 1 amide bonds. The van der Waals surface area contributed by atoms with Crippen LogP contribution in [0.15, 0.2) is 12.1 Å². The average Bonchev–Trinajstić information content (AvgIpc) is 2.98. The molecule has 0 aromatic heterocycles. The summed E-state index contributed by atoms with van der Waals surface area (Å²) in [6, 6.07) is 3.76. The summed E-state index contributed by atoms with van der Waals surface area (Å²) in [4.78, 5) is 13.5. The molecule has 6 nitrogen and oxygen atoms in total. The molecule has 1 N–H and O–H groups in total. The number of benzene rings is 1. The minimum Gasteiger partial charge on any atom is -0.496 e. The molecule has 1 aliphatic heterocycles. The molecule has 1 saturated heterocycles. The van der Waals surface area contributed by atoms with E-state index in [-0.39, 0.29) is 18.3 Å². The van der Waals surface area contributed by atoms with E-state index >= 15 is 0 Å². The Bertz CT molecular complexity index is 540. The van der Waals surface area contributed by atoms with Gasteiger partial charge in [0.1, 0.15) is 5.75 Å². The van der Waals surface area contributed by atoms with E-state index in [9.17, 15) is 4.79 Å². The topological polar surface area (TPSA) is 60.0 Å². The fourth-order valence-electron chi connectivity index (χ4n) is 2.79. The van der Waals surface area contributed by atoms with Crippen molar-refractivity contribution in [2.24, 2.45) is 0 Å². The summed E-state index contributed by atoms with van der Waals surface area (Å²) in [5.74, 6) is 2.39. The van der Waals surface area contributed by atoms with Crippen molar-refractivity contribution in [2.75, 3.05) is 41.0 Å². The normalized spacial score (nSPS) is 13.6. The van der Waals surface area contributed by atoms with Crippen molar-refractivity contribution in [1.29, 1.82) is 0 Å². The highest BCUT2D eigenvalue weighted by Crippen LogP contribution is 2.34. The summed E-state index contributed by atoms with van der Waals surface area (Å²) in [6.45, 7) is 3.26. The highest BCUT2D eigenvalue weighted by molar-refractivity contribution is 5.85. The van der Waals surface area contributed by atoms with Crippen LogP contribution in [0.5, 0.6) is 17.2 Å². The average molecular weight is 359 g/mol. The summed E-state index contributed by atoms with van der Waals surface area (Å²) in [6.07, 6.45) is 2.65. The second-order valence-electron chi connectivity index (χ2n) is 5.53. The monoisotopic (exact) mass is 358 g/mol. The van der Waals surface area contributed by atoms with Crippen LogP contribution in [0.1, 0.15) is 24.8 Å². The molecule has 24 heavy (non-hydrogen) atoms. The van der Waals surface area contributed by atoms with Crippen molar-refractivity contribution < 1.29 is 19.0 Å². The molecule has 0 saturated carbocycles. The minimum atomic E-state index is 0. The van der Waals surface area contributed by atoms with E-state index in [0.717, 1.165) is 43.8 Å². The predicted molar refractivity (Wildman–Crippen MR) is 95.5 cm³/mol. The van der Waals surface area contributed by atoms with Gasteiger partial charge >= 0.3 is 0 Å². The van der Waals surface area contributed by atoms with Crippen LogP contribution in [-0.4, -0.2) is 51.8 Å². The molecule has 0 unspecified atom stereocenters. The van der Waals surface area contributed by atoms with Gasteiger partial charge < -0.3 is 24.4 Å². The Balaban J connectivity index is 0.00000288. The zero-order valence-corrected chi connectivity index (χ0v) is 15.4. The van der Waals surface area contributed by atoms with E-state index in [0.29, 0.717) is 24.5 Å². The van der Waals surface area contributed by atoms with Gasteiger partial charge in [-0.3, -0.25) is 4.79 Å². The minimum absolute atomic E-state index is 0. The Hall–Kier alpha value is -1.66. The molecule has 1 aromatic rings. The number of hydrogen-bond acceptors (Lipinski definition) is 5. The highest BCUT2D eigenvalue weighted by atomic mass is 35.5. The van der Waals surface area contributed by atoms with E-state index in [4.69, 9.17) is 14.2 Å². The van der Waals surface area contributed by atoms with Crippen molar-refractivity contribution >= 4 is 18.3 Å². The maximum absolute atomic E-state index is 11.5. The molecular formula is C17H27ClN2O4. The summed E-state index contributed by atoms with van der Waals surface area (Å²) < 4.78 is 16.0. The molecule has 0 radical (unpaired) electrons. The molecule has 0 spiro atoms. The molecule has 1 aromatic carbocycles. The quantitative estimate of drug-likeness (QED) is 0.686. The summed E-state index contributed by atoms with van der Waals surface area (Å²) in [7, 11) is 4.87. The number of amides is 1. The molecule has 136 valence electrons. The third-order valence-corrected chi connectivity index (χ3v) is 4.06. The van der Waals surface area contributed by atoms with Crippen molar-refractivity contribution in [2.45, 2.75) is 25.8 Å². The molecule has 1 fully saturated rings. The predicted octanol–water partition coefficient (Wildman–Crippen LogP) is 2.24. The van der Waals surface area contributed by atoms with Crippen molar-refractivity contribution in [3.63, 3.8) is 0 Å². The largest absolute Gasteiger partial charge is 0.496 e. The number of methoxy groups -OCH3 is 3. The molecule has 2 rings (SSSR count). The first kappa shape index (κ1) is 20.4. The molecule has 0 bridgehead atoms. The van der Waals surface area contributed by atoms with E-state index in [1.165, 1.54) is 0 Å². The first-order valence-electron chi connectivity index (χ1n) is 7.97. The third-order valence-electron chi connectivity index (χ3n) is 4.06. The van der Waals surface area contributed by atoms with Gasteiger partial charge in [-0.25, -0.2) is 0 Å². The van der Waals surface area contributed by atoms with Gasteiger partial charge in [-0.2, -0.15) is 0 Å². The maximum atomic E-state index is 11.5. The Labute approximate surface area is 149 Å². The summed E-state index contributed by atoms with van der Waals surface area (Å²) >= 11 is 0. The van der Waals surface area contributed by atoms with Gasteiger partial charge in [0, 0.05) is 37.7 Å². The smallest absolute Gasteiger partial charge is 0.222 e. The van der Waals surface area contributed by atoms with E-state index in [2.05, 4.69) is 5.32 Å². The van der Waals surface area contributed by atoms with E-state index in [1.807, 2.05) is 17.0 Å². The van der Waals surface area contributed by atoms with Crippen molar-refractivity contribution in [1.82, 2.24) is 10.2 Å². The first-order chi connectivity index (χ1) is 11.2. The van der Waals surface area contributed by atoms with Gasteiger partial charge in [-0.1, -0.05) is 0 Å². The lowest BCUT2D eigenvalue weighted by Crippen LogP contribution is -2.28. The van der Waals surface area contributed by atoms with E-state index < -0.39 is 0 Å². The van der Waals surface area contributed by atoms with Crippen LogP contribution in [-0.2, 0) is 11.3 Å². The fraction of sp³-hybridized carbons (Fsp3) is 0.588. The fourth-order valence-corrected chi connectivity index (χ4v) is 2.79. The van der Waals surface area contributed by atoms with Gasteiger partial charge in [0.05, 0.1) is 21.3 Å². The van der Waals surface area contributed by atoms with Gasteiger partial charge in [0.2, 0.25) is 5.91 Å². The van der Waals surface area contributed by atoms with Crippen LogP contribution in [0, 0.1) is 0 Å². The Kier molecular flexibility index (Phi) is 8.71. The second kappa shape index (κ2) is 10.3. The Morgan fingerprint density at radius 2 is 1.75 bits per heavy atom. The Morgan fingerprint density at radius 3 is 2.33 bits per heavy atom. The molecule has 0 atom stereocenters. The molecule has 0 aliphatic carbocycles. The van der Waals surface area contributed by atoms with Gasteiger partial charge in [0.15, 0.2) is 11.5 Å². The molecule has 7 heteroatoms. The molecular weight excluding hydrogens is 332 g/mol. The maximum Gasteiger partial charge on any atom is 0.222 e. The first-order valence-corrected chi connectivity index (χ1v) is 7.97. The second-order valence-corrected chi connectivity index (χ2v) is 5.53. The number of hydrogen-bond donors (Lipinski definition) is 1. The lowest BCUT2D eigenvalue weighted by atomic mass is 10.1. The Morgan fingerprint density at radius 1 is 1.08 bits per heavy atom. The van der Waals surface area contributed by atoms with E-state index in [1.54, 1.807) is 21.3 Å². The van der Waals surface area contributed by atoms with Crippen molar-refractivity contribution in [3.05, 3.63) is 17.7 Å². The van der Waals surface area contributed by atoms with Crippen LogP contribution in [0.2, 0.25) is 0 Å². The van der Waals surface area contributed by atoms with Crippen LogP contribution in [0.3, 0.4) is 0 Å². The van der Waals surface area contributed by atoms with Crippen molar-refractivity contribution in [3.8, 4) is 17.2 Å². The molecule has 1 heterocycles. The number of likely N-dealkylation sites (tertiary alicyclic amines) is 1. The number of nitrogens with one attached hydrogen (secondary N) is 1. The lowest BCUT2D eigenvalue weighted by molar-refractivity contribution is -0.127. The summed E-state index contributed by atoms with van der Waals surface area (Å²) in [5, 5.41) is 3.39. The number of carbonyl (C=O) groups excluding carboxylic acids is 1. The highest BCUT2D eigenvalue weighted by Gasteiger charge is 2.19. The zero-order chi connectivity index (χ0) is 16.7. The number of nitrogens with zero attached hydrogens (tertiary/aromatic N) is 1. The van der Waals surface area contributed by atoms with Crippen LogP contribution in [0.25, 0.3) is 0 Å². The van der Waals surface area contributed by atoms with Crippen LogP contribution >= 0.6 is 12.4 Å². The zero-order valence-electron chi connectivity index (χ0n) is 14.6. The molecule has 1 aliphatic rings. The lowest BCUT2D eigenvalue weighted by Gasteiger charge is -2.16. The SMILES string of the molecule is COc1cc(OC)c(OC)cc1CNCCCN1CCCC1=O.Cl. The summed E-state index contributed by atoms with van der Waals surface area (Å²) in [5.41, 5.74) is 1.02. The van der Waals surface area contributed by atoms with Crippen LogP contribution in [0.4, 0.5) is 0 Å². The van der Waals surface area contributed by atoms with Crippen LogP contribution < -0.4 is 19.5 Å². The van der Waals surface area contributed by atoms with Gasteiger partial charge in [-0.05, 0) is 25.5 Å². The van der Waals surface area contributed by atoms with Gasteiger partial charge in [0.25, 0.3) is 0 Å². The number of ether oxygens (including phenoxy) is 3. The van der Waals surface area contributed by atoms with Gasteiger partial charge in [-0.15, -0.1) is 12.4 Å². The standard InChI is InChI=1S/C17H26N2O4.ClH/c1-21-14-11-16(23-3)15(22-2)10-13(14)12-18-7-5-9-19-8-4-6-17(19)20;/h10-11,18H,4-9,12H2,1-3H3;1H. The third kappa shape index (κ3) is 5.18. The number of rotatable bonds is 9. The number of carbonyl (C=O) groups is 1. The number of halogens is 1.